The standard InChI is InChI=1S/C19H16BrN5O2S2/c1-24-16(10-25-14-4-2-3-5-15(14)29-19(25)27)22-23-18(24)28-11-17(26)21-13-8-6-12(20)7-9-13/h2-9H,10-11H2,1H3,(H,21,26). The van der Waals surface area contributed by atoms with Crippen molar-refractivity contribution in [3.8, 4) is 0 Å². The van der Waals surface area contributed by atoms with Gasteiger partial charge in [-0.05, 0) is 36.4 Å². The van der Waals surface area contributed by atoms with Gasteiger partial charge in [0.25, 0.3) is 0 Å². The molecule has 4 rings (SSSR count). The third-order valence-electron chi connectivity index (χ3n) is 4.26. The van der Waals surface area contributed by atoms with Crippen molar-refractivity contribution in [3.63, 3.8) is 0 Å². The second-order valence-electron chi connectivity index (χ2n) is 6.22. The molecule has 0 atom stereocenters. The summed E-state index contributed by atoms with van der Waals surface area (Å²) in [5.74, 6) is 0.747. The smallest absolute Gasteiger partial charge is 0.308 e. The van der Waals surface area contributed by atoms with Gasteiger partial charge in [0, 0.05) is 17.2 Å². The number of nitrogens with zero attached hydrogens (tertiary/aromatic N) is 4. The predicted octanol–water partition coefficient (Wildman–Crippen LogP) is 3.73. The summed E-state index contributed by atoms with van der Waals surface area (Å²) in [5, 5.41) is 11.9. The molecule has 0 radical (unpaired) electrons. The molecule has 1 N–H and O–H groups in total. The fraction of sp³-hybridized carbons (Fsp3) is 0.158. The number of hydrogen-bond donors (Lipinski definition) is 1. The summed E-state index contributed by atoms with van der Waals surface area (Å²) in [6.07, 6.45) is 0. The van der Waals surface area contributed by atoms with E-state index >= 15 is 0 Å². The van der Waals surface area contributed by atoms with Gasteiger partial charge in [0.15, 0.2) is 11.0 Å². The van der Waals surface area contributed by atoms with E-state index in [0.717, 1.165) is 20.4 Å². The first-order valence-electron chi connectivity index (χ1n) is 8.66. The average molecular weight is 490 g/mol. The van der Waals surface area contributed by atoms with Crippen molar-refractivity contribution in [2.24, 2.45) is 7.05 Å². The summed E-state index contributed by atoms with van der Waals surface area (Å²) >= 11 is 5.88. The van der Waals surface area contributed by atoms with E-state index in [1.54, 1.807) is 4.57 Å². The zero-order chi connectivity index (χ0) is 20.4. The Morgan fingerprint density at radius 3 is 2.72 bits per heavy atom. The maximum atomic E-state index is 12.3. The van der Waals surface area contributed by atoms with Gasteiger partial charge in [0.2, 0.25) is 5.91 Å². The van der Waals surface area contributed by atoms with Gasteiger partial charge in [-0.2, -0.15) is 0 Å². The summed E-state index contributed by atoms with van der Waals surface area (Å²) < 4.78 is 5.41. The zero-order valence-corrected chi connectivity index (χ0v) is 18.6. The van der Waals surface area contributed by atoms with Gasteiger partial charge in [-0.15, -0.1) is 10.2 Å². The largest absolute Gasteiger partial charge is 0.325 e. The molecular formula is C19H16BrN5O2S2. The van der Waals surface area contributed by atoms with Gasteiger partial charge in [-0.3, -0.25) is 14.2 Å². The lowest BCUT2D eigenvalue weighted by molar-refractivity contribution is -0.113. The molecule has 2 aromatic carbocycles. The van der Waals surface area contributed by atoms with E-state index in [9.17, 15) is 9.59 Å². The predicted molar refractivity (Wildman–Crippen MR) is 120 cm³/mol. The van der Waals surface area contributed by atoms with E-state index in [2.05, 4.69) is 31.4 Å². The summed E-state index contributed by atoms with van der Waals surface area (Å²) in [5.41, 5.74) is 1.62. The van der Waals surface area contributed by atoms with Crippen molar-refractivity contribution in [2.75, 3.05) is 11.1 Å². The van der Waals surface area contributed by atoms with Crippen LogP contribution in [0.25, 0.3) is 10.2 Å². The Hall–Kier alpha value is -2.43. The number of rotatable bonds is 6. The van der Waals surface area contributed by atoms with E-state index < -0.39 is 0 Å². The van der Waals surface area contributed by atoms with Crippen LogP contribution in [-0.2, 0) is 18.4 Å². The maximum Gasteiger partial charge on any atom is 0.308 e. The maximum absolute atomic E-state index is 12.3. The molecule has 1 amide bonds. The number of carbonyl (C=O) groups is 1. The molecule has 0 spiro atoms. The highest BCUT2D eigenvalue weighted by Gasteiger charge is 2.15. The van der Waals surface area contributed by atoms with Crippen molar-refractivity contribution in [3.05, 3.63) is 68.5 Å². The van der Waals surface area contributed by atoms with Crippen molar-refractivity contribution in [1.82, 2.24) is 19.3 Å². The SMILES string of the molecule is Cn1c(Cn2c(=O)sc3ccccc32)nnc1SCC(=O)Nc1ccc(Br)cc1. The highest BCUT2D eigenvalue weighted by Crippen LogP contribution is 2.20. The first-order chi connectivity index (χ1) is 14.0. The van der Waals surface area contributed by atoms with E-state index in [0.29, 0.717) is 17.5 Å². The van der Waals surface area contributed by atoms with Crippen molar-refractivity contribution in [1.29, 1.82) is 0 Å². The number of halogens is 1. The van der Waals surface area contributed by atoms with Gasteiger partial charge in [-0.25, -0.2) is 0 Å². The Bertz CT molecular complexity index is 1230. The Balaban J connectivity index is 1.43. The van der Waals surface area contributed by atoms with Gasteiger partial charge >= 0.3 is 4.87 Å². The number of benzene rings is 2. The summed E-state index contributed by atoms with van der Waals surface area (Å²) in [6, 6.07) is 15.1. The van der Waals surface area contributed by atoms with Crippen LogP contribution in [0.2, 0.25) is 0 Å². The molecule has 29 heavy (non-hydrogen) atoms. The fourth-order valence-electron chi connectivity index (χ4n) is 2.77. The van der Waals surface area contributed by atoms with Crippen molar-refractivity contribution < 1.29 is 4.79 Å². The Morgan fingerprint density at radius 1 is 1.17 bits per heavy atom. The van der Waals surface area contributed by atoms with E-state index in [1.165, 1.54) is 23.1 Å². The third kappa shape index (κ3) is 4.44. The summed E-state index contributed by atoms with van der Waals surface area (Å²) in [6.45, 7) is 0.331. The molecule has 148 valence electrons. The molecule has 2 heterocycles. The highest BCUT2D eigenvalue weighted by molar-refractivity contribution is 9.10. The molecule has 0 aliphatic heterocycles. The Morgan fingerprint density at radius 2 is 1.93 bits per heavy atom. The molecular weight excluding hydrogens is 474 g/mol. The van der Waals surface area contributed by atoms with Crippen molar-refractivity contribution >= 4 is 60.8 Å². The molecule has 0 aliphatic rings. The molecule has 0 aliphatic carbocycles. The zero-order valence-electron chi connectivity index (χ0n) is 15.3. The van der Waals surface area contributed by atoms with Crippen LogP contribution < -0.4 is 10.2 Å². The molecule has 0 fully saturated rings. The molecule has 7 nitrogen and oxygen atoms in total. The van der Waals surface area contributed by atoms with Crippen LogP contribution in [0.3, 0.4) is 0 Å². The van der Waals surface area contributed by atoms with Crippen LogP contribution in [0.1, 0.15) is 5.82 Å². The number of carbonyl (C=O) groups excluding carboxylic acids is 1. The van der Waals surface area contributed by atoms with Gasteiger partial charge in [0.1, 0.15) is 0 Å². The number of para-hydroxylation sites is 1. The molecule has 0 bridgehead atoms. The van der Waals surface area contributed by atoms with E-state index in [-0.39, 0.29) is 16.5 Å². The minimum Gasteiger partial charge on any atom is -0.325 e. The lowest BCUT2D eigenvalue weighted by Crippen LogP contribution is -2.16. The Kier molecular flexibility index (Phi) is 5.84. The molecule has 0 saturated carbocycles. The van der Waals surface area contributed by atoms with Gasteiger partial charge < -0.3 is 9.88 Å². The number of thioether (sulfide) groups is 1. The molecule has 0 saturated heterocycles. The van der Waals surface area contributed by atoms with Crippen LogP contribution >= 0.6 is 39.0 Å². The van der Waals surface area contributed by atoms with Crippen LogP contribution in [0.5, 0.6) is 0 Å². The lowest BCUT2D eigenvalue weighted by Gasteiger charge is -2.06. The normalized spacial score (nSPS) is 11.1. The van der Waals surface area contributed by atoms with Crippen LogP contribution in [0.15, 0.2) is 63.0 Å². The van der Waals surface area contributed by atoms with Gasteiger partial charge in [0.05, 0.1) is 22.5 Å². The number of anilines is 1. The molecule has 2 aromatic heterocycles. The molecule has 4 aromatic rings. The topological polar surface area (TPSA) is 81.8 Å². The fourth-order valence-corrected chi connectivity index (χ4v) is 4.66. The quantitative estimate of drug-likeness (QED) is 0.417. The number of hydrogen-bond acceptors (Lipinski definition) is 6. The monoisotopic (exact) mass is 489 g/mol. The second kappa shape index (κ2) is 8.52. The number of aromatic nitrogens is 4. The molecule has 0 unspecified atom stereocenters. The third-order valence-corrected chi connectivity index (χ3v) is 6.77. The first kappa shape index (κ1) is 19.9. The number of fused-ring (bicyclic) bond motifs is 1. The number of thiazole rings is 1. The highest BCUT2D eigenvalue weighted by atomic mass is 79.9. The van der Waals surface area contributed by atoms with Crippen LogP contribution in [-0.4, -0.2) is 31.0 Å². The first-order valence-corrected chi connectivity index (χ1v) is 11.3. The minimum atomic E-state index is -0.123. The number of amides is 1. The van der Waals surface area contributed by atoms with E-state index in [1.807, 2.05) is 60.1 Å². The van der Waals surface area contributed by atoms with Gasteiger partial charge in [-0.1, -0.05) is 51.2 Å². The van der Waals surface area contributed by atoms with Crippen LogP contribution in [0.4, 0.5) is 5.69 Å². The summed E-state index contributed by atoms with van der Waals surface area (Å²) in [7, 11) is 1.84. The number of nitrogens with one attached hydrogen (secondary N) is 1. The average Bonchev–Trinajstić information content (AvgIpc) is 3.22. The lowest BCUT2D eigenvalue weighted by atomic mass is 10.3. The minimum absolute atomic E-state index is 0.0303. The molecule has 10 heteroatoms. The van der Waals surface area contributed by atoms with Crippen LogP contribution in [0, 0.1) is 0 Å². The van der Waals surface area contributed by atoms with Crippen molar-refractivity contribution in [2.45, 2.75) is 11.7 Å². The second-order valence-corrected chi connectivity index (χ2v) is 9.07. The van der Waals surface area contributed by atoms with E-state index in [4.69, 9.17) is 0 Å². The Labute approximate surface area is 182 Å². The summed E-state index contributed by atoms with van der Waals surface area (Å²) in [4.78, 5) is 24.5.